The summed E-state index contributed by atoms with van der Waals surface area (Å²) in [6.07, 6.45) is 7.81. The Morgan fingerprint density at radius 2 is 1.71 bits per heavy atom. The molecule has 86 valence electrons. The first kappa shape index (κ1) is 14.0. The van der Waals surface area contributed by atoms with Gasteiger partial charge < -0.3 is 5.73 Å². The molecule has 0 saturated carbocycles. The third-order valence-corrected chi connectivity index (χ3v) is 3.05. The van der Waals surface area contributed by atoms with Gasteiger partial charge in [-0.05, 0) is 24.7 Å². The largest absolute Gasteiger partial charge is 0.327 e. The Bertz CT molecular complexity index is 120. The smallest absolute Gasteiger partial charge is 0.00694 e. The van der Waals surface area contributed by atoms with E-state index in [2.05, 4.69) is 27.7 Å². The van der Waals surface area contributed by atoms with Crippen molar-refractivity contribution in [3.05, 3.63) is 0 Å². The molecular formula is C13H29N. The summed E-state index contributed by atoms with van der Waals surface area (Å²) in [4.78, 5) is 0. The second-order valence-electron chi connectivity index (χ2n) is 4.96. The quantitative estimate of drug-likeness (QED) is 0.588. The van der Waals surface area contributed by atoms with Gasteiger partial charge in [-0.25, -0.2) is 0 Å². The van der Waals surface area contributed by atoms with Gasteiger partial charge in [-0.3, -0.25) is 0 Å². The summed E-state index contributed by atoms with van der Waals surface area (Å²) in [6, 6.07) is 0.428. The van der Waals surface area contributed by atoms with Crippen LogP contribution in [-0.2, 0) is 0 Å². The van der Waals surface area contributed by atoms with E-state index in [4.69, 9.17) is 5.73 Å². The van der Waals surface area contributed by atoms with Crippen molar-refractivity contribution in [3.63, 3.8) is 0 Å². The Balaban J connectivity index is 3.74. The zero-order valence-corrected chi connectivity index (χ0v) is 10.6. The topological polar surface area (TPSA) is 26.0 Å². The molecule has 0 saturated heterocycles. The van der Waals surface area contributed by atoms with Gasteiger partial charge in [-0.1, -0.05) is 53.4 Å². The minimum Gasteiger partial charge on any atom is -0.327 e. The molecule has 1 heteroatoms. The summed E-state index contributed by atoms with van der Waals surface area (Å²) < 4.78 is 0. The third-order valence-electron chi connectivity index (χ3n) is 3.05. The van der Waals surface area contributed by atoms with Crippen LogP contribution in [0.2, 0.25) is 0 Å². The van der Waals surface area contributed by atoms with Gasteiger partial charge in [0.05, 0.1) is 0 Å². The highest BCUT2D eigenvalue weighted by Gasteiger charge is 2.16. The van der Waals surface area contributed by atoms with E-state index in [1.807, 2.05) is 0 Å². The first-order valence-corrected chi connectivity index (χ1v) is 6.37. The molecule has 0 radical (unpaired) electrons. The van der Waals surface area contributed by atoms with Crippen molar-refractivity contribution in [1.82, 2.24) is 0 Å². The summed E-state index contributed by atoms with van der Waals surface area (Å²) in [6.45, 7) is 9.06. The van der Waals surface area contributed by atoms with Gasteiger partial charge in [0.2, 0.25) is 0 Å². The molecule has 1 nitrogen and oxygen atoms in total. The van der Waals surface area contributed by atoms with E-state index in [1.54, 1.807) is 0 Å². The maximum atomic E-state index is 6.21. The number of rotatable bonds is 8. The monoisotopic (exact) mass is 199 g/mol. The van der Waals surface area contributed by atoms with Crippen molar-refractivity contribution in [2.24, 2.45) is 17.6 Å². The zero-order chi connectivity index (χ0) is 11.0. The number of hydrogen-bond acceptors (Lipinski definition) is 1. The van der Waals surface area contributed by atoms with Crippen molar-refractivity contribution in [1.29, 1.82) is 0 Å². The number of hydrogen-bond donors (Lipinski definition) is 1. The van der Waals surface area contributed by atoms with E-state index >= 15 is 0 Å². The molecule has 2 unspecified atom stereocenters. The predicted octanol–water partition coefficient (Wildman–Crippen LogP) is 3.97. The second kappa shape index (κ2) is 8.28. The minimum atomic E-state index is 0.428. The molecule has 0 fully saturated rings. The Hall–Kier alpha value is -0.0400. The molecule has 2 atom stereocenters. The lowest BCUT2D eigenvalue weighted by Gasteiger charge is -2.24. The fraction of sp³-hybridized carbons (Fsp3) is 1.00. The molecular weight excluding hydrogens is 170 g/mol. The van der Waals surface area contributed by atoms with Crippen LogP contribution in [0.1, 0.15) is 66.2 Å². The van der Waals surface area contributed by atoms with Crippen LogP contribution in [0.3, 0.4) is 0 Å². The lowest BCUT2D eigenvalue weighted by molar-refractivity contribution is 0.326. The summed E-state index contributed by atoms with van der Waals surface area (Å²) in [5.41, 5.74) is 6.21. The fourth-order valence-corrected chi connectivity index (χ4v) is 2.11. The molecule has 0 aromatic rings. The van der Waals surface area contributed by atoms with Gasteiger partial charge in [-0.2, -0.15) is 0 Å². The average Bonchev–Trinajstić information content (AvgIpc) is 2.11. The fourth-order valence-electron chi connectivity index (χ4n) is 2.11. The van der Waals surface area contributed by atoms with Gasteiger partial charge in [0.15, 0.2) is 0 Å². The highest BCUT2D eigenvalue weighted by molar-refractivity contribution is 4.73. The summed E-state index contributed by atoms with van der Waals surface area (Å²) in [7, 11) is 0. The van der Waals surface area contributed by atoms with Gasteiger partial charge >= 0.3 is 0 Å². The van der Waals surface area contributed by atoms with Crippen LogP contribution in [0, 0.1) is 11.8 Å². The highest BCUT2D eigenvalue weighted by Crippen LogP contribution is 2.20. The Morgan fingerprint density at radius 1 is 1.07 bits per heavy atom. The molecule has 2 N–H and O–H groups in total. The molecule has 0 amide bonds. The molecule has 0 aliphatic heterocycles. The van der Waals surface area contributed by atoms with Crippen molar-refractivity contribution >= 4 is 0 Å². The molecule has 0 spiro atoms. The van der Waals surface area contributed by atoms with Crippen LogP contribution in [0.25, 0.3) is 0 Å². The molecule has 0 aliphatic carbocycles. The average molecular weight is 199 g/mol. The Labute approximate surface area is 90.5 Å². The third kappa shape index (κ3) is 6.42. The summed E-state index contributed by atoms with van der Waals surface area (Å²) in [5.74, 6) is 1.49. The van der Waals surface area contributed by atoms with E-state index < -0.39 is 0 Å². The highest BCUT2D eigenvalue weighted by atomic mass is 14.6. The van der Waals surface area contributed by atoms with E-state index in [9.17, 15) is 0 Å². The molecule has 0 aromatic carbocycles. The standard InChI is InChI=1S/C13H29N/c1-5-7-8-9-12(6-2)13(14)10-11(3)4/h11-13H,5-10,14H2,1-4H3. The minimum absolute atomic E-state index is 0.428. The zero-order valence-electron chi connectivity index (χ0n) is 10.6. The van der Waals surface area contributed by atoms with Crippen molar-refractivity contribution in [3.8, 4) is 0 Å². The molecule has 0 heterocycles. The van der Waals surface area contributed by atoms with Crippen LogP contribution >= 0.6 is 0 Å². The summed E-state index contributed by atoms with van der Waals surface area (Å²) >= 11 is 0. The molecule has 0 aromatic heterocycles. The predicted molar refractivity (Wildman–Crippen MR) is 65.4 cm³/mol. The van der Waals surface area contributed by atoms with E-state index in [-0.39, 0.29) is 0 Å². The maximum Gasteiger partial charge on any atom is 0.00694 e. The van der Waals surface area contributed by atoms with E-state index in [0.717, 1.165) is 11.8 Å². The van der Waals surface area contributed by atoms with Gasteiger partial charge in [0.25, 0.3) is 0 Å². The van der Waals surface area contributed by atoms with Gasteiger partial charge in [-0.15, -0.1) is 0 Å². The number of unbranched alkanes of at least 4 members (excludes halogenated alkanes) is 2. The second-order valence-corrected chi connectivity index (χ2v) is 4.96. The lowest BCUT2D eigenvalue weighted by Crippen LogP contribution is -2.31. The van der Waals surface area contributed by atoms with Crippen molar-refractivity contribution in [2.45, 2.75) is 72.3 Å². The van der Waals surface area contributed by atoms with Gasteiger partial charge in [0.1, 0.15) is 0 Å². The first-order valence-electron chi connectivity index (χ1n) is 6.37. The van der Waals surface area contributed by atoms with Crippen molar-refractivity contribution in [2.75, 3.05) is 0 Å². The number of nitrogens with two attached hydrogens (primary N) is 1. The molecule has 0 aliphatic rings. The molecule has 0 bridgehead atoms. The van der Waals surface area contributed by atoms with Crippen LogP contribution < -0.4 is 5.73 Å². The van der Waals surface area contributed by atoms with Crippen LogP contribution in [-0.4, -0.2) is 6.04 Å². The SMILES string of the molecule is CCCCCC(CC)C(N)CC(C)C. The van der Waals surface area contributed by atoms with Crippen LogP contribution in [0.4, 0.5) is 0 Å². The maximum absolute atomic E-state index is 6.21. The van der Waals surface area contributed by atoms with Crippen molar-refractivity contribution < 1.29 is 0 Å². The summed E-state index contributed by atoms with van der Waals surface area (Å²) in [5, 5.41) is 0. The normalized spacial score (nSPS) is 15.9. The molecule has 14 heavy (non-hydrogen) atoms. The van der Waals surface area contributed by atoms with E-state index in [0.29, 0.717) is 6.04 Å². The van der Waals surface area contributed by atoms with Crippen LogP contribution in [0.15, 0.2) is 0 Å². The Morgan fingerprint density at radius 3 is 2.14 bits per heavy atom. The first-order chi connectivity index (χ1) is 6.61. The van der Waals surface area contributed by atoms with Crippen LogP contribution in [0.5, 0.6) is 0 Å². The molecule has 0 rings (SSSR count). The van der Waals surface area contributed by atoms with E-state index in [1.165, 1.54) is 38.5 Å². The van der Waals surface area contributed by atoms with Gasteiger partial charge in [0, 0.05) is 6.04 Å². The Kier molecular flexibility index (Phi) is 8.26. The lowest BCUT2D eigenvalue weighted by atomic mass is 9.87.